The van der Waals surface area contributed by atoms with Crippen molar-refractivity contribution >= 4 is 55.6 Å². The minimum Gasteiger partial charge on any atom is -0.352 e. The second kappa shape index (κ2) is 11.5. The Kier molecular flexibility index (Phi) is 7.60. The standard InChI is InChI=1S/C33H30BrN5OS/c1-21-20-27(22(2)39(21)25-15-13-24(34)14-16-25)32-31(29-11-5-6-18-35-29)37-33(41)38(32)19-17-30(40)36-28-12-7-9-23-8-3-4-10-26(23)28/h3-16,18,20,31-32H,17,19H2,1-2H3,(H,36,40)(H,37,41)/t31-,32-/m0/s1. The monoisotopic (exact) mass is 623 g/mol. The maximum absolute atomic E-state index is 13.2. The fraction of sp³-hybridized carbons (Fsp3) is 0.182. The molecule has 3 aromatic carbocycles. The maximum atomic E-state index is 13.2. The van der Waals surface area contributed by atoms with E-state index in [1.807, 2.05) is 66.9 Å². The average Bonchev–Trinajstić information content (AvgIpc) is 3.47. The molecule has 1 saturated heterocycles. The first-order valence-corrected chi connectivity index (χ1v) is 14.8. The molecule has 6 rings (SSSR count). The first-order valence-electron chi connectivity index (χ1n) is 13.6. The second-order valence-electron chi connectivity index (χ2n) is 10.3. The highest BCUT2D eigenvalue weighted by Gasteiger charge is 2.41. The Morgan fingerprint density at radius 2 is 1.76 bits per heavy atom. The van der Waals surface area contributed by atoms with Gasteiger partial charge in [0.15, 0.2) is 5.11 Å². The Balaban J connectivity index is 1.31. The highest BCUT2D eigenvalue weighted by Crippen LogP contribution is 2.41. The molecule has 41 heavy (non-hydrogen) atoms. The Bertz CT molecular complexity index is 1730. The van der Waals surface area contributed by atoms with Gasteiger partial charge in [0.05, 0.1) is 17.8 Å². The molecule has 0 saturated carbocycles. The van der Waals surface area contributed by atoms with Gasteiger partial charge < -0.3 is 20.1 Å². The Hall–Kier alpha value is -4.01. The van der Waals surface area contributed by atoms with E-state index >= 15 is 0 Å². The number of benzene rings is 3. The SMILES string of the molecule is Cc1cc([C@H]2[C@H](c3ccccn3)NC(=S)N2CCC(=O)Nc2cccc3ccccc23)c(C)n1-c1ccc(Br)cc1. The molecule has 6 nitrogen and oxygen atoms in total. The predicted octanol–water partition coefficient (Wildman–Crippen LogP) is 7.41. The summed E-state index contributed by atoms with van der Waals surface area (Å²) in [6, 6.07) is 30.2. The molecule has 0 spiro atoms. The van der Waals surface area contributed by atoms with Crippen LogP contribution in [0.3, 0.4) is 0 Å². The van der Waals surface area contributed by atoms with Gasteiger partial charge in [-0.05, 0) is 85.5 Å². The van der Waals surface area contributed by atoms with Gasteiger partial charge in [0.2, 0.25) is 5.91 Å². The van der Waals surface area contributed by atoms with E-state index < -0.39 is 0 Å². The number of hydrogen-bond acceptors (Lipinski definition) is 3. The number of fused-ring (bicyclic) bond motifs is 1. The van der Waals surface area contributed by atoms with Crippen LogP contribution in [0.4, 0.5) is 5.69 Å². The normalized spacial score (nSPS) is 16.7. The lowest BCUT2D eigenvalue weighted by Gasteiger charge is -2.28. The molecule has 0 unspecified atom stereocenters. The average molecular weight is 625 g/mol. The van der Waals surface area contributed by atoms with Crippen molar-refractivity contribution in [1.29, 1.82) is 0 Å². The van der Waals surface area contributed by atoms with Gasteiger partial charge in [-0.15, -0.1) is 0 Å². The van der Waals surface area contributed by atoms with Crippen molar-refractivity contribution in [2.24, 2.45) is 0 Å². The van der Waals surface area contributed by atoms with Crippen molar-refractivity contribution in [3.8, 4) is 5.69 Å². The molecular weight excluding hydrogens is 594 g/mol. The van der Waals surface area contributed by atoms with Crippen LogP contribution in [0.1, 0.15) is 41.1 Å². The Morgan fingerprint density at radius 3 is 2.54 bits per heavy atom. The highest BCUT2D eigenvalue weighted by molar-refractivity contribution is 9.10. The van der Waals surface area contributed by atoms with Crippen LogP contribution in [0.5, 0.6) is 0 Å². The van der Waals surface area contributed by atoms with Gasteiger partial charge in [-0.25, -0.2) is 0 Å². The Labute approximate surface area is 253 Å². The lowest BCUT2D eigenvalue weighted by Crippen LogP contribution is -2.33. The number of pyridine rings is 1. The van der Waals surface area contributed by atoms with E-state index in [0.29, 0.717) is 18.1 Å². The third-order valence-corrected chi connectivity index (χ3v) is 8.60. The fourth-order valence-corrected chi connectivity index (χ4v) is 6.42. The zero-order chi connectivity index (χ0) is 28.5. The van der Waals surface area contributed by atoms with Crippen molar-refractivity contribution in [3.05, 3.63) is 124 Å². The smallest absolute Gasteiger partial charge is 0.226 e. The summed E-state index contributed by atoms with van der Waals surface area (Å²) in [6.45, 7) is 4.74. The van der Waals surface area contributed by atoms with Crippen LogP contribution in [0.25, 0.3) is 16.5 Å². The van der Waals surface area contributed by atoms with E-state index in [1.54, 1.807) is 0 Å². The van der Waals surface area contributed by atoms with Crippen LogP contribution in [-0.2, 0) is 4.79 Å². The van der Waals surface area contributed by atoms with Crippen LogP contribution in [0.15, 0.2) is 102 Å². The number of amides is 1. The third-order valence-electron chi connectivity index (χ3n) is 7.72. The quantitative estimate of drug-likeness (QED) is 0.185. The number of anilines is 1. The number of aryl methyl sites for hydroxylation is 1. The summed E-state index contributed by atoms with van der Waals surface area (Å²) in [4.78, 5) is 20.0. The van der Waals surface area contributed by atoms with E-state index in [9.17, 15) is 4.79 Å². The number of aromatic nitrogens is 2. The summed E-state index contributed by atoms with van der Waals surface area (Å²) in [6.07, 6.45) is 2.10. The first kappa shape index (κ1) is 27.2. The number of nitrogens with zero attached hydrogens (tertiary/aromatic N) is 3. The molecule has 0 radical (unpaired) electrons. The van der Waals surface area contributed by atoms with Gasteiger partial charge in [-0.1, -0.05) is 58.4 Å². The number of carbonyl (C=O) groups is 1. The van der Waals surface area contributed by atoms with Gasteiger partial charge in [-0.2, -0.15) is 0 Å². The topological polar surface area (TPSA) is 62.2 Å². The summed E-state index contributed by atoms with van der Waals surface area (Å²) in [7, 11) is 0. The van der Waals surface area contributed by atoms with Crippen LogP contribution >= 0.6 is 28.1 Å². The number of carbonyl (C=O) groups excluding carboxylic acids is 1. The summed E-state index contributed by atoms with van der Waals surface area (Å²) < 4.78 is 3.31. The van der Waals surface area contributed by atoms with Gasteiger partial charge in [0.1, 0.15) is 0 Å². The lowest BCUT2D eigenvalue weighted by molar-refractivity contribution is -0.116. The van der Waals surface area contributed by atoms with Crippen molar-refractivity contribution in [3.63, 3.8) is 0 Å². The number of halogens is 1. The largest absolute Gasteiger partial charge is 0.352 e. The lowest BCUT2D eigenvalue weighted by atomic mass is 9.96. The van der Waals surface area contributed by atoms with E-state index in [1.165, 1.54) is 0 Å². The van der Waals surface area contributed by atoms with E-state index in [-0.39, 0.29) is 18.0 Å². The molecule has 0 bridgehead atoms. The molecular formula is C33H30BrN5OS. The van der Waals surface area contributed by atoms with Gasteiger partial charge >= 0.3 is 0 Å². The predicted molar refractivity (Wildman–Crippen MR) is 172 cm³/mol. The maximum Gasteiger partial charge on any atom is 0.226 e. The van der Waals surface area contributed by atoms with E-state index in [4.69, 9.17) is 12.2 Å². The van der Waals surface area contributed by atoms with Crippen molar-refractivity contribution in [2.75, 3.05) is 11.9 Å². The third kappa shape index (κ3) is 5.37. The zero-order valence-corrected chi connectivity index (χ0v) is 25.2. The number of thiocarbonyl (C=S) groups is 1. The summed E-state index contributed by atoms with van der Waals surface area (Å²) in [5.74, 6) is -0.0514. The van der Waals surface area contributed by atoms with Crippen molar-refractivity contribution in [2.45, 2.75) is 32.4 Å². The summed E-state index contributed by atoms with van der Waals surface area (Å²) in [5, 5.41) is 9.38. The van der Waals surface area contributed by atoms with Crippen LogP contribution in [0, 0.1) is 13.8 Å². The van der Waals surface area contributed by atoms with Crippen molar-refractivity contribution in [1.82, 2.24) is 19.8 Å². The minimum atomic E-state index is -0.149. The van der Waals surface area contributed by atoms with Gasteiger partial charge in [0.25, 0.3) is 0 Å². The van der Waals surface area contributed by atoms with Crippen LogP contribution in [0.2, 0.25) is 0 Å². The Morgan fingerprint density at radius 1 is 1.00 bits per heavy atom. The highest BCUT2D eigenvalue weighted by atomic mass is 79.9. The van der Waals surface area contributed by atoms with Crippen LogP contribution < -0.4 is 10.6 Å². The molecule has 1 fully saturated rings. The molecule has 2 aromatic heterocycles. The molecule has 0 aliphatic carbocycles. The molecule has 1 aliphatic rings. The number of nitrogens with one attached hydrogen (secondary N) is 2. The van der Waals surface area contributed by atoms with Gasteiger partial charge in [0, 0.05) is 51.8 Å². The molecule has 8 heteroatoms. The van der Waals surface area contributed by atoms with Gasteiger partial charge in [-0.3, -0.25) is 9.78 Å². The second-order valence-corrected chi connectivity index (χ2v) is 11.6. The molecule has 206 valence electrons. The van der Waals surface area contributed by atoms with Crippen molar-refractivity contribution < 1.29 is 4.79 Å². The number of hydrogen-bond donors (Lipinski definition) is 2. The van der Waals surface area contributed by atoms with E-state index in [2.05, 4.69) is 85.2 Å². The first-order chi connectivity index (χ1) is 19.9. The summed E-state index contributed by atoms with van der Waals surface area (Å²) >= 11 is 9.42. The van der Waals surface area contributed by atoms with Crippen LogP contribution in [-0.4, -0.2) is 32.0 Å². The van der Waals surface area contributed by atoms with E-state index in [0.717, 1.165) is 49.3 Å². The fourth-order valence-electron chi connectivity index (χ4n) is 5.83. The zero-order valence-electron chi connectivity index (χ0n) is 22.8. The molecule has 5 aromatic rings. The molecule has 1 amide bonds. The molecule has 2 N–H and O–H groups in total. The minimum absolute atomic E-state index is 0.0514. The summed E-state index contributed by atoms with van der Waals surface area (Å²) in [5.41, 5.74) is 6.24. The number of rotatable bonds is 7. The molecule has 2 atom stereocenters. The molecule has 1 aliphatic heterocycles. The molecule has 3 heterocycles.